The van der Waals surface area contributed by atoms with Crippen LogP contribution in [0.1, 0.15) is 30.7 Å². The highest BCUT2D eigenvalue weighted by molar-refractivity contribution is 5.07. The van der Waals surface area contributed by atoms with E-state index in [1.807, 2.05) is 0 Å². The summed E-state index contributed by atoms with van der Waals surface area (Å²) in [5.41, 5.74) is 2.40. The van der Waals surface area contributed by atoms with Crippen molar-refractivity contribution in [1.29, 1.82) is 0 Å². The molecule has 1 fully saturated rings. The Labute approximate surface area is 85.3 Å². The molecule has 2 rings (SSSR count). The Kier molecular flexibility index (Phi) is 3.19. The van der Waals surface area contributed by atoms with Gasteiger partial charge in [-0.2, -0.15) is 5.10 Å². The Morgan fingerprint density at radius 3 is 3.14 bits per heavy atom. The molecule has 0 bridgehead atoms. The predicted molar refractivity (Wildman–Crippen MR) is 57.2 cm³/mol. The minimum Gasteiger partial charge on any atom is -0.317 e. The molecule has 1 aromatic heterocycles. The number of aromatic nitrogens is 2. The van der Waals surface area contributed by atoms with Gasteiger partial charge in [0.25, 0.3) is 0 Å². The van der Waals surface area contributed by atoms with Crippen LogP contribution in [0.3, 0.4) is 0 Å². The fourth-order valence-corrected chi connectivity index (χ4v) is 2.17. The van der Waals surface area contributed by atoms with Gasteiger partial charge in [0.15, 0.2) is 0 Å². The summed E-state index contributed by atoms with van der Waals surface area (Å²) < 4.78 is 0. The van der Waals surface area contributed by atoms with E-state index in [0.29, 0.717) is 0 Å². The monoisotopic (exact) mass is 193 g/mol. The van der Waals surface area contributed by atoms with E-state index in [4.69, 9.17) is 0 Å². The summed E-state index contributed by atoms with van der Waals surface area (Å²) in [6.45, 7) is 4.43. The number of nitrogens with zero attached hydrogens (tertiary/aromatic N) is 1. The fourth-order valence-electron chi connectivity index (χ4n) is 2.17. The zero-order valence-electron chi connectivity index (χ0n) is 8.84. The van der Waals surface area contributed by atoms with E-state index in [1.165, 1.54) is 43.7 Å². The molecule has 1 aliphatic heterocycles. The lowest BCUT2D eigenvalue weighted by Crippen LogP contribution is -2.14. The summed E-state index contributed by atoms with van der Waals surface area (Å²) in [5, 5.41) is 10.7. The third-order valence-corrected chi connectivity index (χ3v) is 2.95. The normalized spacial score (nSPS) is 23.4. The van der Waals surface area contributed by atoms with Gasteiger partial charge in [-0.25, -0.2) is 0 Å². The second-order valence-corrected chi connectivity index (χ2v) is 4.29. The number of nitrogens with one attached hydrogen (secondary N) is 2. The Hall–Kier alpha value is -0.830. The predicted octanol–water partition coefficient (Wildman–Crippen LogP) is 1.65. The van der Waals surface area contributed by atoms with Gasteiger partial charge in [-0.05, 0) is 57.7 Å². The van der Waals surface area contributed by atoms with Crippen LogP contribution >= 0.6 is 0 Å². The number of hydrogen-bond donors (Lipinski definition) is 2. The van der Waals surface area contributed by atoms with Crippen molar-refractivity contribution in [2.45, 2.75) is 32.6 Å². The van der Waals surface area contributed by atoms with Crippen molar-refractivity contribution in [2.75, 3.05) is 13.1 Å². The van der Waals surface area contributed by atoms with Crippen molar-refractivity contribution >= 4 is 0 Å². The standard InChI is InChI=1S/C11H19N3/c1-9-7-11(14-13-9)8-10-3-2-5-12-6-4-10/h7,10,12H,2-6,8H2,1H3,(H,13,14). The van der Waals surface area contributed by atoms with E-state index in [2.05, 4.69) is 28.5 Å². The lowest BCUT2D eigenvalue weighted by atomic mass is 9.95. The van der Waals surface area contributed by atoms with Gasteiger partial charge in [0.1, 0.15) is 0 Å². The van der Waals surface area contributed by atoms with E-state index in [1.54, 1.807) is 0 Å². The smallest absolute Gasteiger partial charge is 0.0627 e. The molecule has 0 spiro atoms. The molecule has 0 aromatic carbocycles. The number of rotatable bonds is 2. The number of H-pyrrole nitrogens is 1. The molecule has 3 nitrogen and oxygen atoms in total. The molecule has 1 atom stereocenters. The van der Waals surface area contributed by atoms with Crippen LogP contribution in [0.25, 0.3) is 0 Å². The highest BCUT2D eigenvalue weighted by Gasteiger charge is 2.13. The van der Waals surface area contributed by atoms with Crippen LogP contribution < -0.4 is 5.32 Å². The first-order chi connectivity index (χ1) is 6.84. The van der Waals surface area contributed by atoms with Crippen LogP contribution in [0.4, 0.5) is 0 Å². The van der Waals surface area contributed by atoms with Crippen LogP contribution in [-0.2, 0) is 6.42 Å². The molecule has 1 saturated heterocycles. The van der Waals surface area contributed by atoms with E-state index >= 15 is 0 Å². The highest BCUT2D eigenvalue weighted by atomic mass is 15.1. The van der Waals surface area contributed by atoms with E-state index in [-0.39, 0.29) is 0 Å². The molecule has 2 N–H and O–H groups in total. The van der Waals surface area contributed by atoms with Gasteiger partial charge >= 0.3 is 0 Å². The van der Waals surface area contributed by atoms with Gasteiger partial charge in [-0.3, -0.25) is 5.10 Å². The Balaban J connectivity index is 1.89. The lowest BCUT2D eigenvalue weighted by molar-refractivity contribution is 0.465. The summed E-state index contributed by atoms with van der Waals surface area (Å²) in [6.07, 6.45) is 5.10. The largest absolute Gasteiger partial charge is 0.317 e. The molecule has 0 amide bonds. The average molecular weight is 193 g/mol. The molecular formula is C11H19N3. The summed E-state index contributed by atoms with van der Waals surface area (Å²) in [6, 6.07) is 2.16. The Bertz CT molecular complexity index is 272. The molecule has 1 aromatic rings. The van der Waals surface area contributed by atoms with Gasteiger partial charge in [0, 0.05) is 5.69 Å². The highest BCUT2D eigenvalue weighted by Crippen LogP contribution is 2.18. The first-order valence-corrected chi connectivity index (χ1v) is 5.56. The van der Waals surface area contributed by atoms with E-state index < -0.39 is 0 Å². The molecule has 0 saturated carbocycles. The van der Waals surface area contributed by atoms with Crippen LogP contribution in [0.15, 0.2) is 6.07 Å². The zero-order chi connectivity index (χ0) is 9.80. The van der Waals surface area contributed by atoms with Crippen molar-refractivity contribution in [3.8, 4) is 0 Å². The van der Waals surface area contributed by atoms with Crippen molar-refractivity contribution in [3.05, 3.63) is 17.5 Å². The summed E-state index contributed by atoms with van der Waals surface area (Å²) in [5.74, 6) is 0.827. The van der Waals surface area contributed by atoms with Gasteiger partial charge in [0.2, 0.25) is 0 Å². The maximum Gasteiger partial charge on any atom is 0.0627 e. The van der Waals surface area contributed by atoms with Gasteiger partial charge in [0.05, 0.1) is 5.69 Å². The minimum atomic E-state index is 0.827. The molecule has 1 aliphatic rings. The van der Waals surface area contributed by atoms with Crippen LogP contribution in [0.2, 0.25) is 0 Å². The second-order valence-electron chi connectivity index (χ2n) is 4.29. The Morgan fingerprint density at radius 1 is 1.43 bits per heavy atom. The fraction of sp³-hybridized carbons (Fsp3) is 0.727. The van der Waals surface area contributed by atoms with Crippen LogP contribution in [0.5, 0.6) is 0 Å². The quantitative estimate of drug-likeness (QED) is 0.750. The van der Waals surface area contributed by atoms with Crippen molar-refractivity contribution in [3.63, 3.8) is 0 Å². The van der Waals surface area contributed by atoms with Crippen LogP contribution in [-0.4, -0.2) is 23.3 Å². The van der Waals surface area contributed by atoms with Gasteiger partial charge < -0.3 is 5.32 Å². The maximum absolute atomic E-state index is 4.30. The van der Waals surface area contributed by atoms with Gasteiger partial charge in [-0.1, -0.05) is 0 Å². The summed E-state index contributed by atoms with van der Waals surface area (Å²) in [4.78, 5) is 0. The molecule has 14 heavy (non-hydrogen) atoms. The Morgan fingerprint density at radius 2 is 2.36 bits per heavy atom. The minimum absolute atomic E-state index is 0.827. The maximum atomic E-state index is 4.30. The molecule has 0 aliphatic carbocycles. The number of aromatic amines is 1. The van der Waals surface area contributed by atoms with E-state index in [9.17, 15) is 0 Å². The molecule has 2 heterocycles. The summed E-state index contributed by atoms with van der Waals surface area (Å²) >= 11 is 0. The van der Waals surface area contributed by atoms with Crippen molar-refractivity contribution < 1.29 is 0 Å². The topological polar surface area (TPSA) is 40.7 Å². The van der Waals surface area contributed by atoms with Crippen LogP contribution in [0, 0.1) is 12.8 Å². The number of hydrogen-bond acceptors (Lipinski definition) is 2. The molecule has 1 unspecified atom stereocenters. The van der Waals surface area contributed by atoms with Crippen molar-refractivity contribution in [2.24, 2.45) is 5.92 Å². The third-order valence-electron chi connectivity index (χ3n) is 2.95. The second kappa shape index (κ2) is 4.60. The first-order valence-electron chi connectivity index (χ1n) is 5.56. The van der Waals surface area contributed by atoms with Crippen molar-refractivity contribution in [1.82, 2.24) is 15.5 Å². The summed E-state index contributed by atoms with van der Waals surface area (Å²) in [7, 11) is 0. The molecule has 3 heteroatoms. The molecular weight excluding hydrogens is 174 g/mol. The lowest BCUT2D eigenvalue weighted by Gasteiger charge is -2.10. The van der Waals surface area contributed by atoms with Gasteiger partial charge in [-0.15, -0.1) is 0 Å². The molecule has 78 valence electrons. The first kappa shape index (κ1) is 9.71. The van der Waals surface area contributed by atoms with E-state index in [0.717, 1.165) is 12.3 Å². The SMILES string of the molecule is Cc1cc(CC2CCCNCC2)n[nH]1. The molecule has 0 radical (unpaired) electrons. The third kappa shape index (κ3) is 2.58. The number of aryl methyl sites for hydroxylation is 1. The zero-order valence-corrected chi connectivity index (χ0v) is 8.84. The average Bonchev–Trinajstić information content (AvgIpc) is 2.43.